The van der Waals surface area contributed by atoms with E-state index in [1.165, 1.54) is 23.9 Å². The van der Waals surface area contributed by atoms with E-state index in [0.29, 0.717) is 12.2 Å². The molecule has 1 atom stereocenters. The van der Waals surface area contributed by atoms with Crippen LogP contribution in [0.4, 0.5) is 17.1 Å². The van der Waals surface area contributed by atoms with Crippen molar-refractivity contribution in [2.24, 2.45) is 5.18 Å². The molecule has 262 valence electrons. The highest BCUT2D eigenvalue weighted by molar-refractivity contribution is 7.99. The molecule has 1 aliphatic rings. The van der Waals surface area contributed by atoms with Gasteiger partial charge in [0.1, 0.15) is 11.4 Å². The maximum absolute atomic E-state index is 13.1. The van der Waals surface area contributed by atoms with E-state index in [0.717, 1.165) is 59.7 Å². The highest BCUT2D eigenvalue weighted by Gasteiger charge is 2.24. The minimum absolute atomic E-state index is 0.0606. The van der Waals surface area contributed by atoms with Crippen LogP contribution in [0.3, 0.4) is 0 Å². The molecule has 0 aliphatic carbocycles. The Bertz CT molecular complexity index is 2070. The van der Waals surface area contributed by atoms with Crippen LogP contribution in [0.15, 0.2) is 130 Å². The number of rotatable bonds is 13. The number of thioether (sulfide) groups is 1. The lowest BCUT2D eigenvalue weighted by atomic mass is 10.0. The number of sulfonamides is 1. The number of nitrogens with one attached hydrogen (secondary N) is 2. The lowest BCUT2D eigenvalue weighted by Gasteiger charge is -2.39. The lowest BCUT2D eigenvalue weighted by Crippen LogP contribution is -2.47. The number of nitroso groups, excluding NO2 is 1. The molecule has 1 fully saturated rings. The van der Waals surface area contributed by atoms with Crippen LogP contribution in [0.2, 0.25) is 0 Å². The molecule has 13 heteroatoms. The van der Waals surface area contributed by atoms with Crippen molar-refractivity contribution in [3.05, 3.63) is 132 Å². The average molecular weight is 723 g/mol. The van der Waals surface area contributed by atoms with Gasteiger partial charge in [-0.2, -0.15) is 0 Å². The SMILES string of the molecule is CC(c1ccc(-c2cncc(O)c2)cc1)N1CCN(c2ccc(C(=O)NS(=O)(=O)c3ccc(NCCSc4ccccc4)c(N=O)c3)cc2)CC1. The van der Waals surface area contributed by atoms with Gasteiger partial charge in [0.15, 0.2) is 0 Å². The van der Waals surface area contributed by atoms with Crippen LogP contribution in [0.1, 0.15) is 28.9 Å². The minimum Gasteiger partial charge on any atom is -0.506 e. The number of nitrogens with zero attached hydrogens (tertiary/aromatic N) is 4. The number of pyridine rings is 1. The normalized spacial score (nSPS) is 14.1. The van der Waals surface area contributed by atoms with Gasteiger partial charge < -0.3 is 15.3 Å². The van der Waals surface area contributed by atoms with Gasteiger partial charge in [0.2, 0.25) is 0 Å². The predicted molar refractivity (Wildman–Crippen MR) is 202 cm³/mol. The van der Waals surface area contributed by atoms with Gasteiger partial charge in [0.05, 0.1) is 16.8 Å². The third-order valence-electron chi connectivity index (χ3n) is 8.84. The minimum atomic E-state index is -4.26. The molecule has 0 saturated carbocycles. The maximum atomic E-state index is 13.1. The van der Waals surface area contributed by atoms with Crippen molar-refractivity contribution >= 4 is 44.8 Å². The molecule has 1 unspecified atom stereocenters. The van der Waals surface area contributed by atoms with Gasteiger partial charge in [-0.15, -0.1) is 16.7 Å². The van der Waals surface area contributed by atoms with E-state index in [1.54, 1.807) is 36.2 Å². The van der Waals surface area contributed by atoms with E-state index in [9.17, 15) is 23.2 Å². The molecule has 1 aromatic heterocycles. The second-order valence-corrected chi connectivity index (χ2v) is 14.9. The second kappa shape index (κ2) is 16.2. The van der Waals surface area contributed by atoms with Crippen molar-refractivity contribution in [2.75, 3.05) is 48.7 Å². The average Bonchev–Trinajstić information content (AvgIpc) is 3.16. The van der Waals surface area contributed by atoms with Crippen LogP contribution < -0.4 is 14.9 Å². The quantitative estimate of drug-likeness (QED) is 0.0657. The molecule has 0 spiro atoms. The molecule has 51 heavy (non-hydrogen) atoms. The summed E-state index contributed by atoms with van der Waals surface area (Å²) in [4.78, 5) is 34.1. The largest absolute Gasteiger partial charge is 0.506 e. The van der Waals surface area contributed by atoms with E-state index in [-0.39, 0.29) is 27.9 Å². The van der Waals surface area contributed by atoms with Gasteiger partial charge in [-0.1, -0.05) is 42.5 Å². The summed E-state index contributed by atoms with van der Waals surface area (Å²) in [5.41, 5.74) is 4.54. The summed E-state index contributed by atoms with van der Waals surface area (Å²) in [6.07, 6.45) is 3.14. The van der Waals surface area contributed by atoms with Gasteiger partial charge >= 0.3 is 0 Å². The van der Waals surface area contributed by atoms with Crippen molar-refractivity contribution in [3.8, 4) is 16.9 Å². The first kappa shape index (κ1) is 35.6. The van der Waals surface area contributed by atoms with Crippen LogP contribution in [0, 0.1) is 4.91 Å². The maximum Gasteiger partial charge on any atom is 0.264 e. The summed E-state index contributed by atoms with van der Waals surface area (Å²) in [6, 6.07) is 30.9. The molecule has 5 aromatic rings. The van der Waals surface area contributed by atoms with Crippen LogP contribution in [0.25, 0.3) is 11.1 Å². The monoisotopic (exact) mass is 722 g/mol. The van der Waals surface area contributed by atoms with E-state index >= 15 is 0 Å². The fourth-order valence-corrected chi connectivity index (χ4v) is 7.74. The zero-order chi connectivity index (χ0) is 35.8. The first-order valence-electron chi connectivity index (χ1n) is 16.5. The number of carbonyl (C=O) groups excluding carboxylic acids is 1. The van der Waals surface area contributed by atoms with E-state index in [4.69, 9.17) is 0 Å². The first-order valence-corrected chi connectivity index (χ1v) is 19.0. The van der Waals surface area contributed by atoms with Crippen LogP contribution in [-0.2, 0) is 10.0 Å². The van der Waals surface area contributed by atoms with Crippen molar-refractivity contribution in [2.45, 2.75) is 22.8 Å². The summed E-state index contributed by atoms with van der Waals surface area (Å²) < 4.78 is 28.3. The molecule has 1 aliphatic heterocycles. The number of aromatic nitrogens is 1. The number of amides is 1. The Kier molecular flexibility index (Phi) is 11.3. The summed E-state index contributed by atoms with van der Waals surface area (Å²) in [6.45, 7) is 6.00. The molecule has 0 radical (unpaired) electrons. The second-order valence-electron chi connectivity index (χ2n) is 12.1. The molecule has 3 N–H and O–H groups in total. The Morgan fingerprint density at radius 1 is 0.902 bits per heavy atom. The smallest absolute Gasteiger partial charge is 0.264 e. The molecule has 6 rings (SSSR count). The van der Waals surface area contributed by atoms with Crippen molar-refractivity contribution in [1.29, 1.82) is 0 Å². The number of benzene rings is 4. The van der Waals surface area contributed by atoms with Gasteiger partial charge in [-0.3, -0.25) is 14.7 Å². The van der Waals surface area contributed by atoms with Crippen molar-refractivity contribution in [3.63, 3.8) is 0 Å². The molecule has 11 nitrogen and oxygen atoms in total. The summed E-state index contributed by atoms with van der Waals surface area (Å²) in [5, 5.41) is 15.9. The molecule has 0 bridgehead atoms. The zero-order valence-corrected chi connectivity index (χ0v) is 29.6. The molecule has 2 heterocycles. The third kappa shape index (κ3) is 8.92. The Labute approximate surface area is 301 Å². The summed E-state index contributed by atoms with van der Waals surface area (Å²) >= 11 is 1.65. The highest BCUT2D eigenvalue weighted by Crippen LogP contribution is 2.30. The number of carbonyl (C=O) groups is 1. The lowest BCUT2D eigenvalue weighted by molar-refractivity contribution is 0.0981. The van der Waals surface area contributed by atoms with E-state index in [1.807, 2.05) is 54.6 Å². The van der Waals surface area contributed by atoms with E-state index < -0.39 is 15.9 Å². The Morgan fingerprint density at radius 2 is 1.63 bits per heavy atom. The molecule has 1 amide bonds. The van der Waals surface area contributed by atoms with Gasteiger partial charge in [-0.25, -0.2) is 13.1 Å². The van der Waals surface area contributed by atoms with Crippen molar-refractivity contribution in [1.82, 2.24) is 14.6 Å². The molecular weight excluding hydrogens is 685 g/mol. The highest BCUT2D eigenvalue weighted by atomic mass is 32.2. The van der Waals surface area contributed by atoms with Gasteiger partial charge in [0.25, 0.3) is 15.9 Å². The number of piperazine rings is 1. The topological polar surface area (TPSA) is 144 Å². The molecule has 4 aromatic carbocycles. The van der Waals surface area contributed by atoms with Gasteiger partial charge in [0, 0.05) is 72.4 Å². The zero-order valence-electron chi connectivity index (χ0n) is 28.0. The van der Waals surface area contributed by atoms with Crippen molar-refractivity contribution < 1.29 is 18.3 Å². The number of anilines is 2. The fraction of sp³-hybridized carbons (Fsp3) is 0.211. The molecular formula is C38H38N6O5S2. The van der Waals surface area contributed by atoms with Crippen LogP contribution in [-0.4, -0.2) is 67.8 Å². The Morgan fingerprint density at radius 3 is 2.31 bits per heavy atom. The predicted octanol–water partition coefficient (Wildman–Crippen LogP) is 7.06. The Hall–Kier alpha value is -5.24. The fourth-order valence-electron chi connectivity index (χ4n) is 5.96. The number of hydrogen-bond donors (Lipinski definition) is 3. The number of hydrogen-bond acceptors (Lipinski definition) is 11. The first-order chi connectivity index (χ1) is 24.7. The number of aromatic hydroxyl groups is 1. The van der Waals surface area contributed by atoms with Gasteiger partial charge in [-0.05, 0) is 83.9 Å². The summed E-state index contributed by atoms with van der Waals surface area (Å²) in [5.74, 6) is 0.0916. The molecule has 1 saturated heterocycles. The van der Waals surface area contributed by atoms with E-state index in [2.05, 4.69) is 49.1 Å². The van der Waals surface area contributed by atoms with Crippen LogP contribution in [0.5, 0.6) is 5.75 Å². The standard InChI is InChI=1S/C38H38N6O5S2/c1-27(28-7-9-29(10-8-28)31-23-33(45)26-39-25-31)43-18-20-44(21-19-43)32-13-11-30(12-14-32)38(46)42-51(48,49)35-15-16-36(37(24-35)41-47)40-17-22-50-34-5-3-2-4-6-34/h2-16,23-27,40,45H,17-22H2,1H3,(H,42,46). The Balaban J connectivity index is 1.000. The summed E-state index contributed by atoms with van der Waals surface area (Å²) in [7, 11) is -4.26. The third-order valence-corrected chi connectivity index (χ3v) is 11.2. The van der Waals surface area contributed by atoms with Crippen LogP contribution >= 0.6 is 11.8 Å².